The molecule has 206 valence electrons. The molecule has 0 bridgehead atoms. The summed E-state index contributed by atoms with van der Waals surface area (Å²) in [5.41, 5.74) is 4.24. The molecule has 1 aliphatic carbocycles. The highest BCUT2D eigenvalue weighted by Gasteiger charge is 2.51. The smallest absolute Gasteiger partial charge is 0.416 e. The first-order valence-corrected chi connectivity index (χ1v) is 12.6. The minimum atomic E-state index is -4.75. The predicted molar refractivity (Wildman–Crippen MR) is 137 cm³/mol. The molecule has 2 aromatic heterocycles. The van der Waals surface area contributed by atoms with Crippen molar-refractivity contribution < 1.29 is 32.6 Å². The molecule has 2 atom stereocenters. The summed E-state index contributed by atoms with van der Waals surface area (Å²) >= 11 is 0. The van der Waals surface area contributed by atoms with Crippen LogP contribution in [0.15, 0.2) is 60.8 Å². The molecule has 4 aromatic rings. The number of alkyl halides is 3. The van der Waals surface area contributed by atoms with E-state index in [1.807, 2.05) is 48.5 Å². The lowest BCUT2D eigenvalue weighted by atomic mass is 9.96. The van der Waals surface area contributed by atoms with Gasteiger partial charge in [-0.2, -0.15) is 23.4 Å². The van der Waals surface area contributed by atoms with Gasteiger partial charge in [-0.15, -0.1) is 0 Å². The highest BCUT2D eigenvalue weighted by molar-refractivity contribution is 5.92. The molecule has 1 N–H and O–H groups in total. The van der Waals surface area contributed by atoms with Crippen LogP contribution in [0, 0.1) is 6.92 Å². The number of carboxylic acids is 1. The molecular weight excluding hydrogens is 527 g/mol. The quantitative estimate of drug-likeness (QED) is 0.353. The molecule has 2 aliphatic rings. The molecule has 1 aliphatic heterocycles. The first kappa shape index (κ1) is 25.7. The highest BCUT2D eigenvalue weighted by atomic mass is 19.4. The lowest BCUT2D eigenvalue weighted by Gasteiger charge is -2.39. The first-order valence-electron chi connectivity index (χ1n) is 12.6. The van der Waals surface area contributed by atoms with Crippen molar-refractivity contribution in [1.29, 1.82) is 0 Å². The molecule has 0 unspecified atom stereocenters. The number of anilines is 1. The third-order valence-electron chi connectivity index (χ3n) is 7.56. The van der Waals surface area contributed by atoms with Crippen LogP contribution < -0.4 is 4.90 Å². The Morgan fingerprint density at radius 2 is 1.65 bits per heavy atom. The van der Waals surface area contributed by atoms with Gasteiger partial charge in [0, 0.05) is 37.2 Å². The van der Waals surface area contributed by atoms with E-state index in [-0.39, 0.29) is 18.3 Å². The average molecular weight is 552 g/mol. The van der Waals surface area contributed by atoms with E-state index in [1.165, 1.54) is 4.68 Å². The van der Waals surface area contributed by atoms with Crippen LogP contribution >= 0.6 is 0 Å². The molecular formula is C28H24F3N5O4. The number of hydrogen-bond acceptors (Lipinski definition) is 5. The summed E-state index contributed by atoms with van der Waals surface area (Å²) in [7, 11) is 1.63. The molecule has 9 nitrogen and oxygen atoms in total. The number of carbonyl (C=O) groups excluding carboxylic acids is 1. The number of carbonyl (C=O) groups is 2. The van der Waals surface area contributed by atoms with Gasteiger partial charge >= 0.3 is 18.2 Å². The second-order valence-corrected chi connectivity index (χ2v) is 9.96. The summed E-state index contributed by atoms with van der Waals surface area (Å²) in [4.78, 5) is 26.5. The third kappa shape index (κ3) is 4.10. The maximum absolute atomic E-state index is 14.2. The van der Waals surface area contributed by atoms with Crippen molar-refractivity contribution in [2.75, 3.05) is 11.5 Å². The van der Waals surface area contributed by atoms with Crippen LogP contribution in [0.4, 0.5) is 23.8 Å². The lowest BCUT2D eigenvalue weighted by molar-refractivity contribution is -0.174. The Balaban J connectivity index is 1.40. The zero-order valence-electron chi connectivity index (χ0n) is 21.5. The largest absolute Gasteiger partial charge is 0.476 e. The maximum atomic E-state index is 14.2. The van der Waals surface area contributed by atoms with Gasteiger partial charge in [-0.05, 0) is 29.2 Å². The van der Waals surface area contributed by atoms with Gasteiger partial charge in [0.15, 0.2) is 11.7 Å². The van der Waals surface area contributed by atoms with Crippen molar-refractivity contribution in [2.24, 2.45) is 7.05 Å². The van der Waals surface area contributed by atoms with E-state index in [1.54, 1.807) is 20.2 Å². The molecule has 6 rings (SSSR count). The Kier molecular flexibility index (Phi) is 5.93. The Morgan fingerprint density at radius 1 is 1.02 bits per heavy atom. The Labute approximate surface area is 226 Å². The van der Waals surface area contributed by atoms with Crippen molar-refractivity contribution in [3.63, 3.8) is 0 Å². The number of ether oxygens (including phenoxy) is 1. The van der Waals surface area contributed by atoms with Crippen molar-refractivity contribution >= 4 is 17.9 Å². The summed E-state index contributed by atoms with van der Waals surface area (Å²) in [5, 5.41) is 17.5. The zero-order chi connectivity index (χ0) is 28.3. The van der Waals surface area contributed by atoms with Gasteiger partial charge in [-0.1, -0.05) is 48.5 Å². The van der Waals surface area contributed by atoms with Crippen LogP contribution in [0.2, 0.25) is 0 Å². The SMILES string of the molecule is Cc1nn(C)cc1[C@@H]1C[C@H](C(F)(F)F)n2nc(C(=O)O)cc2N1C(=O)OCC1c2ccccc2-c2ccccc21. The van der Waals surface area contributed by atoms with Crippen LogP contribution in [0.1, 0.15) is 57.3 Å². The number of aromatic carboxylic acids is 1. The summed E-state index contributed by atoms with van der Waals surface area (Å²) in [6.07, 6.45) is -4.69. The fraction of sp³-hybridized carbons (Fsp3) is 0.286. The van der Waals surface area contributed by atoms with Gasteiger partial charge in [0.2, 0.25) is 0 Å². The van der Waals surface area contributed by atoms with Gasteiger partial charge in [-0.3, -0.25) is 9.58 Å². The van der Waals surface area contributed by atoms with Crippen molar-refractivity contribution in [2.45, 2.75) is 37.5 Å². The molecule has 0 radical (unpaired) electrons. The fourth-order valence-corrected chi connectivity index (χ4v) is 5.84. The zero-order valence-corrected chi connectivity index (χ0v) is 21.5. The third-order valence-corrected chi connectivity index (χ3v) is 7.56. The molecule has 12 heteroatoms. The Hall–Kier alpha value is -4.61. The number of halogens is 3. The van der Waals surface area contributed by atoms with E-state index < -0.39 is 42.4 Å². The number of aryl methyl sites for hydroxylation is 2. The Morgan fingerprint density at radius 3 is 2.20 bits per heavy atom. The van der Waals surface area contributed by atoms with E-state index in [0.29, 0.717) is 15.9 Å². The van der Waals surface area contributed by atoms with Crippen LogP contribution in [0.5, 0.6) is 0 Å². The molecule has 40 heavy (non-hydrogen) atoms. The summed E-state index contributed by atoms with van der Waals surface area (Å²) in [6.45, 7) is 1.58. The fourth-order valence-electron chi connectivity index (χ4n) is 5.84. The van der Waals surface area contributed by atoms with Crippen molar-refractivity contribution in [1.82, 2.24) is 19.6 Å². The number of rotatable bonds is 4. The van der Waals surface area contributed by atoms with Crippen LogP contribution in [0.25, 0.3) is 11.1 Å². The van der Waals surface area contributed by atoms with Gasteiger partial charge in [0.05, 0.1) is 11.7 Å². The lowest BCUT2D eigenvalue weighted by Crippen LogP contribution is -2.45. The molecule has 1 amide bonds. The monoisotopic (exact) mass is 551 g/mol. The van der Waals surface area contributed by atoms with Crippen LogP contribution in [-0.2, 0) is 11.8 Å². The second-order valence-electron chi connectivity index (χ2n) is 9.96. The predicted octanol–water partition coefficient (Wildman–Crippen LogP) is 5.63. The van der Waals surface area contributed by atoms with E-state index in [4.69, 9.17) is 4.74 Å². The summed E-state index contributed by atoms with van der Waals surface area (Å²) in [6, 6.07) is 13.2. The minimum Gasteiger partial charge on any atom is -0.476 e. The number of fused-ring (bicyclic) bond motifs is 4. The number of benzene rings is 2. The maximum Gasteiger partial charge on any atom is 0.416 e. The van der Waals surface area contributed by atoms with Gasteiger partial charge in [0.25, 0.3) is 0 Å². The van der Waals surface area contributed by atoms with Crippen molar-refractivity contribution in [3.8, 4) is 11.1 Å². The normalized spacial score (nSPS) is 18.3. The molecule has 2 aromatic carbocycles. The first-order chi connectivity index (χ1) is 19.0. The van der Waals surface area contributed by atoms with Crippen LogP contribution in [-0.4, -0.2) is 49.5 Å². The van der Waals surface area contributed by atoms with E-state index in [0.717, 1.165) is 33.2 Å². The molecule has 0 saturated heterocycles. The van der Waals surface area contributed by atoms with E-state index in [2.05, 4.69) is 10.2 Å². The number of nitrogens with zero attached hydrogens (tertiary/aromatic N) is 5. The average Bonchev–Trinajstić information content (AvgIpc) is 3.59. The number of aromatic nitrogens is 4. The van der Waals surface area contributed by atoms with E-state index in [9.17, 15) is 27.9 Å². The van der Waals surface area contributed by atoms with Gasteiger partial charge in [-0.25, -0.2) is 14.3 Å². The molecule has 0 spiro atoms. The number of carboxylic acid groups (broad SMARTS) is 1. The second kappa shape index (κ2) is 9.25. The topological polar surface area (TPSA) is 102 Å². The molecule has 3 heterocycles. The van der Waals surface area contributed by atoms with Crippen LogP contribution in [0.3, 0.4) is 0 Å². The summed E-state index contributed by atoms with van der Waals surface area (Å²) < 4.78 is 50.5. The molecule has 0 fully saturated rings. The number of hydrogen-bond donors (Lipinski definition) is 1. The number of amides is 1. The highest BCUT2D eigenvalue weighted by Crippen LogP contribution is 2.48. The van der Waals surface area contributed by atoms with Gasteiger partial charge in [0.1, 0.15) is 12.4 Å². The Bertz CT molecular complexity index is 1600. The minimum absolute atomic E-state index is 0.0648. The van der Waals surface area contributed by atoms with Crippen molar-refractivity contribution in [3.05, 3.63) is 88.9 Å². The van der Waals surface area contributed by atoms with Gasteiger partial charge < -0.3 is 9.84 Å². The standard InChI is InChI=1S/C28H24F3N5O4/c1-15-20(13-34(2)32-15)23-12-24(28(29,30)31)36-25(11-22(33-36)26(37)38)35(23)27(39)40-14-21-18-9-5-3-7-16(18)17-8-4-6-10-19(17)21/h3-11,13,21,23-24H,12,14H2,1-2H3,(H,37,38)/t23-,24+/m0/s1. The summed E-state index contributed by atoms with van der Waals surface area (Å²) in [5.74, 6) is -2.09. The van der Waals surface area contributed by atoms with E-state index >= 15 is 0 Å². The molecule has 0 saturated carbocycles.